The third kappa shape index (κ3) is 2.09. The zero-order chi connectivity index (χ0) is 12.5. The minimum absolute atomic E-state index is 0.0871. The summed E-state index contributed by atoms with van der Waals surface area (Å²) in [6.07, 6.45) is 0.821. The van der Waals surface area contributed by atoms with E-state index in [-0.39, 0.29) is 11.5 Å². The van der Waals surface area contributed by atoms with E-state index in [0.29, 0.717) is 5.56 Å². The molecular formula is C13H19F2N. The van der Waals surface area contributed by atoms with Crippen LogP contribution >= 0.6 is 0 Å². The Labute approximate surface area is 95.7 Å². The standard InChI is InChI=1S/C13H19F2N/c1-5-9(3)13(4,16)10-7-6-8(2)11(14)12(10)15/h6-7,9H,5,16H2,1-4H3. The molecule has 2 unspecified atom stereocenters. The number of nitrogens with two attached hydrogens (primary N) is 1. The first-order valence-electron chi connectivity index (χ1n) is 5.56. The van der Waals surface area contributed by atoms with Crippen LogP contribution in [-0.2, 0) is 5.54 Å². The first-order chi connectivity index (χ1) is 7.32. The van der Waals surface area contributed by atoms with Gasteiger partial charge in [-0.15, -0.1) is 0 Å². The number of benzene rings is 1. The molecule has 0 fully saturated rings. The molecule has 0 aliphatic rings. The van der Waals surface area contributed by atoms with Crippen molar-refractivity contribution in [3.63, 3.8) is 0 Å². The SMILES string of the molecule is CCC(C)C(C)(N)c1ccc(C)c(F)c1F. The Balaban J connectivity index is 3.29. The van der Waals surface area contributed by atoms with Gasteiger partial charge in [-0.05, 0) is 25.3 Å². The minimum Gasteiger partial charge on any atom is -0.321 e. The van der Waals surface area contributed by atoms with E-state index in [1.165, 1.54) is 0 Å². The van der Waals surface area contributed by atoms with Crippen LogP contribution in [0, 0.1) is 24.5 Å². The summed E-state index contributed by atoms with van der Waals surface area (Å²) >= 11 is 0. The Hall–Kier alpha value is -0.960. The number of rotatable bonds is 3. The summed E-state index contributed by atoms with van der Waals surface area (Å²) < 4.78 is 27.3. The Morgan fingerprint density at radius 2 is 1.88 bits per heavy atom. The van der Waals surface area contributed by atoms with Gasteiger partial charge < -0.3 is 5.73 Å². The van der Waals surface area contributed by atoms with Crippen molar-refractivity contribution in [1.29, 1.82) is 0 Å². The maximum Gasteiger partial charge on any atom is 0.164 e. The quantitative estimate of drug-likeness (QED) is 0.840. The summed E-state index contributed by atoms with van der Waals surface area (Å²) in [5, 5.41) is 0. The smallest absolute Gasteiger partial charge is 0.164 e. The van der Waals surface area contributed by atoms with Gasteiger partial charge in [-0.3, -0.25) is 0 Å². The zero-order valence-electron chi connectivity index (χ0n) is 10.3. The van der Waals surface area contributed by atoms with Gasteiger partial charge in [0.2, 0.25) is 0 Å². The molecule has 1 aromatic carbocycles. The van der Waals surface area contributed by atoms with Crippen molar-refractivity contribution in [2.75, 3.05) is 0 Å². The van der Waals surface area contributed by atoms with Gasteiger partial charge >= 0.3 is 0 Å². The number of hydrogen-bond acceptors (Lipinski definition) is 1. The van der Waals surface area contributed by atoms with Crippen LogP contribution in [0.3, 0.4) is 0 Å². The number of halogens is 2. The van der Waals surface area contributed by atoms with Gasteiger partial charge in [0.25, 0.3) is 0 Å². The normalized spacial score (nSPS) is 16.9. The van der Waals surface area contributed by atoms with Crippen molar-refractivity contribution in [1.82, 2.24) is 0 Å². The van der Waals surface area contributed by atoms with E-state index in [2.05, 4.69) is 0 Å². The molecule has 0 amide bonds. The van der Waals surface area contributed by atoms with Crippen molar-refractivity contribution in [3.05, 3.63) is 34.9 Å². The molecule has 0 saturated heterocycles. The molecular weight excluding hydrogens is 208 g/mol. The minimum atomic E-state index is -0.840. The predicted octanol–water partition coefficient (Wildman–Crippen LogP) is 3.49. The van der Waals surface area contributed by atoms with Gasteiger partial charge in [0, 0.05) is 11.1 Å². The van der Waals surface area contributed by atoms with Crippen LogP contribution in [0.25, 0.3) is 0 Å². The monoisotopic (exact) mass is 227 g/mol. The highest BCUT2D eigenvalue weighted by molar-refractivity contribution is 5.31. The fourth-order valence-electron chi connectivity index (χ4n) is 1.75. The third-order valence-electron chi connectivity index (χ3n) is 3.49. The number of hydrogen-bond donors (Lipinski definition) is 1. The molecule has 0 aromatic heterocycles. The lowest BCUT2D eigenvalue weighted by Crippen LogP contribution is -2.40. The molecule has 0 spiro atoms. The van der Waals surface area contributed by atoms with E-state index in [9.17, 15) is 8.78 Å². The van der Waals surface area contributed by atoms with E-state index < -0.39 is 17.2 Å². The summed E-state index contributed by atoms with van der Waals surface area (Å²) in [6, 6.07) is 3.15. The van der Waals surface area contributed by atoms with Gasteiger partial charge in [-0.25, -0.2) is 8.78 Å². The molecule has 2 N–H and O–H groups in total. The van der Waals surface area contributed by atoms with Gasteiger partial charge in [0.1, 0.15) is 0 Å². The first kappa shape index (κ1) is 13.1. The molecule has 90 valence electrons. The molecule has 0 heterocycles. The van der Waals surface area contributed by atoms with Gasteiger partial charge in [-0.2, -0.15) is 0 Å². The van der Waals surface area contributed by atoms with Crippen LogP contribution in [0.15, 0.2) is 12.1 Å². The van der Waals surface area contributed by atoms with Gasteiger partial charge in [-0.1, -0.05) is 32.4 Å². The molecule has 0 radical (unpaired) electrons. The van der Waals surface area contributed by atoms with E-state index in [4.69, 9.17) is 5.73 Å². The third-order valence-corrected chi connectivity index (χ3v) is 3.49. The van der Waals surface area contributed by atoms with Crippen molar-refractivity contribution in [2.24, 2.45) is 11.7 Å². The summed E-state index contributed by atoms with van der Waals surface area (Å²) in [4.78, 5) is 0. The second-order valence-corrected chi connectivity index (χ2v) is 4.65. The first-order valence-corrected chi connectivity index (χ1v) is 5.56. The summed E-state index contributed by atoms with van der Waals surface area (Å²) in [6.45, 7) is 7.21. The Bertz CT molecular complexity index is 386. The van der Waals surface area contributed by atoms with E-state index in [1.807, 2.05) is 13.8 Å². The lowest BCUT2D eigenvalue weighted by atomic mass is 9.79. The molecule has 1 aromatic rings. The topological polar surface area (TPSA) is 26.0 Å². The van der Waals surface area contributed by atoms with Crippen molar-refractivity contribution in [2.45, 2.75) is 39.7 Å². The average molecular weight is 227 g/mol. The Morgan fingerprint density at radius 1 is 1.31 bits per heavy atom. The highest BCUT2D eigenvalue weighted by Gasteiger charge is 2.31. The molecule has 0 saturated carbocycles. The van der Waals surface area contributed by atoms with Crippen LogP contribution in [0.2, 0.25) is 0 Å². The van der Waals surface area contributed by atoms with Crippen LogP contribution in [0.5, 0.6) is 0 Å². The zero-order valence-corrected chi connectivity index (χ0v) is 10.3. The molecule has 2 atom stereocenters. The van der Waals surface area contributed by atoms with Crippen molar-refractivity contribution >= 4 is 0 Å². The molecule has 3 heteroatoms. The predicted molar refractivity (Wildman–Crippen MR) is 62.1 cm³/mol. The van der Waals surface area contributed by atoms with Crippen LogP contribution in [0.4, 0.5) is 8.78 Å². The highest BCUT2D eigenvalue weighted by Crippen LogP contribution is 2.32. The van der Waals surface area contributed by atoms with Crippen LogP contribution in [-0.4, -0.2) is 0 Å². The second kappa shape index (κ2) is 4.50. The largest absolute Gasteiger partial charge is 0.321 e. The van der Waals surface area contributed by atoms with Gasteiger partial charge in [0.15, 0.2) is 11.6 Å². The van der Waals surface area contributed by atoms with Crippen LogP contribution in [0.1, 0.15) is 38.3 Å². The Kier molecular flexibility index (Phi) is 3.68. The molecule has 1 nitrogen and oxygen atoms in total. The molecule has 0 bridgehead atoms. The number of aryl methyl sites for hydroxylation is 1. The highest BCUT2D eigenvalue weighted by atomic mass is 19.2. The Morgan fingerprint density at radius 3 is 2.38 bits per heavy atom. The maximum absolute atomic E-state index is 13.8. The molecule has 0 aliphatic heterocycles. The van der Waals surface area contributed by atoms with Crippen molar-refractivity contribution in [3.8, 4) is 0 Å². The second-order valence-electron chi connectivity index (χ2n) is 4.65. The summed E-state index contributed by atoms with van der Waals surface area (Å²) in [7, 11) is 0. The van der Waals surface area contributed by atoms with Crippen molar-refractivity contribution < 1.29 is 8.78 Å². The molecule has 1 rings (SSSR count). The molecule has 0 aliphatic carbocycles. The average Bonchev–Trinajstić information content (AvgIpc) is 2.24. The summed E-state index contributed by atoms with van der Waals surface area (Å²) in [5.41, 5.74) is 5.83. The molecule has 16 heavy (non-hydrogen) atoms. The van der Waals surface area contributed by atoms with Gasteiger partial charge in [0.05, 0.1) is 0 Å². The fraction of sp³-hybridized carbons (Fsp3) is 0.538. The maximum atomic E-state index is 13.8. The lowest BCUT2D eigenvalue weighted by Gasteiger charge is -2.32. The fourth-order valence-corrected chi connectivity index (χ4v) is 1.75. The summed E-state index contributed by atoms with van der Waals surface area (Å²) in [5.74, 6) is -1.52. The van der Waals surface area contributed by atoms with E-state index in [0.717, 1.165) is 6.42 Å². The lowest BCUT2D eigenvalue weighted by molar-refractivity contribution is 0.301. The van der Waals surface area contributed by atoms with E-state index >= 15 is 0 Å². The van der Waals surface area contributed by atoms with Crippen LogP contribution < -0.4 is 5.73 Å². The van der Waals surface area contributed by atoms with E-state index in [1.54, 1.807) is 26.0 Å².